The minimum atomic E-state index is 0.0182. The number of hydrogen-bond donors (Lipinski definition) is 2. The van der Waals surface area contributed by atoms with Gasteiger partial charge in [0.1, 0.15) is 0 Å². The van der Waals surface area contributed by atoms with Crippen molar-refractivity contribution in [3.8, 4) is 0 Å². The van der Waals surface area contributed by atoms with E-state index in [1.54, 1.807) is 7.05 Å². The molecule has 0 saturated heterocycles. The Bertz CT molecular complexity index is 325. The number of nitrogens with zero attached hydrogens (tertiary/aromatic N) is 2. The maximum atomic E-state index is 11.7. The summed E-state index contributed by atoms with van der Waals surface area (Å²) < 4.78 is 0. The highest BCUT2D eigenvalue weighted by molar-refractivity contribution is 7.99. The summed E-state index contributed by atoms with van der Waals surface area (Å²) in [7, 11) is 1.62. The van der Waals surface area contributed by atoms with Gasteiger partial charge >= 0.3 is 0 Å². The lowest BCUT2D eigenvalue weighted by atomic mass is 10.4. The van der Waals surface area contributed by atoms with E-state index in [1.165, 1.54) is 11.8 Å². The van der Waals surface area contributed by atoms with Gasteiger partial charge in [-0.05, 0) is 19.6 Å². The average molecular weight is 347 g/mol. The van der Waals surface area contributed by atoms with Gasteiger partial charge in [0.2, 0.25) is 11.8 Å². The van der Waals surface area contributed by atoms with Crippen LogP contribution >= 0.6 is 11.8 Å². The van der Waals surface area contributed by atoms with Crippen molar-refractivity contribution >= 4 is 23.6 Å². The molecule has 0 radical (unpaired) electrons. The average Bonchev–Trinajstić information content (AvgIpc) is 2.57. The molecule has 0 aliphatic carbocycles. The molecule has 0 bridgehead atoms. The third kappa shape index (κ3) is 12.3. The lowest BCUT2D eigenvalue weighted by molar-refractivity contribution is -0.120. The van der Waals surface area contributed by atoms with Crippen LogP contribution in [0.1, 0.15) is 27.2 Å². The van der Waals surface area contributed by atoms with Gasteiger partial charge in [-0.2, -0.15) is 11.8 Å². The van der Waals surface area contributed by atoms with Gasteiger partial charge in [0.25, 0.3) is 0 Å². The molecule has 23 heavy (non-hydrogen) atoms. The minimum absolute atomic E-state index is 0.0182. The maximum absolute atomic E-state index is 11.7. The van der Waals surface area contributed by atoms with E-state index in [-0.39, 0.29) is 11.8 Å². The van der Waals surface area contributed by atoms with Crippen LogP contribution in [-0.4, -0.2) is 86.0 Å². The third-order valence-electron chi connectivity index (χ3n) is 3.81. The zero-order valence-electron chi connectivity index (χ0n) is 15.2. The first kappa shape index (κ1) is 22.2. The maximum Gasteiger partial charge on any atom is 0.230 e. The van der Waals surface area contributed by atoms with E-state index < -0.39 is 0 Å². The number of thioether (sulfide) groups is 1. The number of carbonyl (C=O) groups excluding carboxylic acids is 2. The van der Waals surface area contributed by atoms with Gasteiger partial charge in [-0.3, -0.25) is 9.59 Å². The first-order chi connectivity index (χ1) is 11.1. The molecule has 0 fully saturated rings. The Morgan fingerprint density at radius 3 is 2.09 bits per heavy atom. The zero-order chi connectivity index (χ0) is 17.5. The Labute approximate surface area is 145 Å². The minimum Gasteiger partial charge on any atom is -0.359 e. The van der Waals surface area contributed by atoms with E-state index >= 15 is 0 Å². The lowest BCUT2D eigenvalue weighted by Crippen LogP contribution is -2.39. The Kier molecular flexibility index (Phi) is 14.3. The van der Waals surface area contributed by atoms with Crippen molar-refractivity contribution in [2.45, 2.75) is 27.2 Å². The van der Waals surface area contributed by atoms with Crippen LogP contribution in [0, 0.1) is 0 Å². The number of nitrogens with one attached hydrogen (secondary N) is 2. The second kappa shape index (κ2) is 14.8. The summed E-state index contributed by atoms with van der Waals surface area (Å²) in [5.74, 6) is 1.16. The first-order valence-corrected chi connectivity index (χ1v) is 9.72. The molecule has 7 heteroatoms. The highest BCUT2D eigenvalue weighted by Gasteiger charge is 2.07. The molecule has 0 unspecified atom stereocenters. The van der Waals surface area contributed by atoms with Crippen LogP contribution in [0.15, 0.2) is 0 Å². The molecule has 6 nitrogen and oxygen atoms in total. The Morgan fingerprint density at radius 2 is 1.52 bits per heavy atom. The van der Waals surface area contributed by atoms with Crippen LogP contribution in [0.2, 0.25) is 0 Å². The summed E-state index contributed by atoms with van der Waals surface area (Å²) in [5.41, 5.74) is 0. The van der Waals surface area contributed by atoms with E-state index in [4.69, 9.17) is 0 Å². The highest BCUT2D eigenvalue weighted by atomic mass is 32.2. The number of hydrogen-bond acceptors (Lipinski definition) is 5. The van der Waals surface area contributed by atoms with Crippen LogP contribution in [0.4, 0.5) is 0 Å². The molecular weight excluding hydrogens is 312 g/mol. The summed E-state index contributed by atoms with van der Waals surface area (Å²) in [4.78, 5) is 27.5. The normalized spacial score (nSPS) is 11.0. The van der Waals surface area contributed by atoms with E-state index in [0.29, 0.717) is 24.5 Å². The second-order valence-corrected chi connectivity index (χ2v) is 6.39. The molecule has 0 aliphatic rings. The fraction of sp³-hybridized carbons (Fsp3) is 0.875. The predicted molar refractivity (Wildman–Crippen MR) is 98.9 cm³/mol. The van der Waals surface area contributed by atoms with Gasteiger partial charge in [0.15, 0.2) is 0 Å². The fourth-order valence-electron chi connectivity index (χ4n) is 2.11. The first-order valence-electron chi connectivity index (χ1n) is 8.56. The van der Waals surface area contributed by atoms with Crippen molar-refractivity contribution in [1.82, 2.24) is 20.4 Å². The molecule has 0 heterocycles. The van der Waals surface area contributed by atoms with Crippen LogP contribution < -0.4 is 10.6 Å². The monoisotopic (exact) mass is 346 g/mol. The molecule has 0 aromatic carbocycles. The lowest BCUT2D eigenvalue weighted by Gasteiger charge is -2.25. The topological polar surface area (TPSA) is 64.7 Å². The quantitative estimate of drug-likeness (QED) is 0.452. The highest BCUT2D eigenvalue weighted by Crippen LogP contribution is 2.01. The van der Waals surface area contributed by atoms with Gasteiger partial charge in [0, 0.05) is 45.4 Å². The van der Waals surface area contributed by atoms with Crippen LogP contribution in [0.25, 0.3) is 0 Å². The largest absolute Gasteiger partial charge is 0.359 e. The molecule has 2 amide bonds. The third-order valence-corrected chi connectivity index (χ3v) is 4.77. The Balaban J connectivity index is 3.72. The fourth-order valence-corrected chi connectivity index (χ4v) is 2.87. The zero-order valence-corrected chi connectivity index (χ0v) is 16.0. The number of rotatable bonds is 14. The SMILES string of the molecule is CCN(CC)CCN(CC)CCNC(=O)CSCCC(=O)NC. The molecule has 0 rings (SSSR count). The van der Waals surface area contributed by atoms with Crippen LogP contribution in [0.3, 0.4) is 0 Å². The number of likely N-dealkylation sites (N-methyl/N-ethyl adjacent to an activating group) is 2. The standard InChI is InChI=1S/C16H34N4O2S/c1-5-19(6-2)11-12-20(7-3)10-9-18-16(22)14-23-13-8-15(21)17-4/h5-14H2,1-4H3,(H,17,21)(H,18,22). The van der Waals surface area contributed by atoms with E-state index in [2.05, 4.69) is 41.2 Å². The van der Waals surface area contributed by atoms with Gasteiger partial charge in [-0.25, -0.2) is 0 Å². The molecule has 0 spiro atoms. The van der Waals surface area contributed by atoms with Gasteiger partial charge < -0.3 is 20.4 Å². The van der Waals surface area contributed by atoms with Crippen molar-refractivity contribution in [3.63, 3.8) is 0 Å². The summed E-state index contributed by atoms with van der Waals surface area (Å²) in [6, 6.07) is 0. The Morgan fingerprint density at radius 1 is 0.913 bits per heavy atom. The molecule has 0 aliphatic heterocycles. The summed E-state index contributed by atoms with van der Waals surface area (Å²) >= 11 is 1.50. The van der Waals surface area contributed by atoms with Crippen molar-refractivity contribution in [3.05, 3.63) is 0 Å². The molecule has 0 atom stereocenters. The van der Waals surface area contributed by atoms with E-state index in [0.717, 1.165) is 39.3 Å². The predicted octanol–water partition coefficient (Wildman–Crippen LogP) is 0.636. The molecule has 2 N–H and O–H groups in total. The molecule has 0 aromatic heterocycles. The van der Waals surface area contributed by atoms with Gasteiger partial charge in [-0.15, -0.1) is 0 Å². The molecule has 0 saturated carbocycles. The van der Waals surface area contributed by atoms with Gasteiger partial charge in [-0.1, -0.05) is 20.8 Å². The second-order valence-electron chi connectivity index (χ2n) is 5.29. The number of carbonyl (C=O) groups is 2. The molecule has 136 valence electrons. The molecule has 0 aromatic rings. The smallest absolute Gasteiger partial charge is 0.230 e. The Hall–Kier alpha value is -0.790. The van der Waals surface area contributed by atoms with Crippen LogP contribution in [0.5, 0.6) is 0 Å². The van der Waals surface area contributed by atoms with Crippen LogP contribution in [-0.2, 0) is 9.59 Å². The van der Waals surface area contributed by atoms with Crippen molar-refractivity contribution in [1.29, 1.82) is 0 Å². The molecular formula is C16H34N4O2S. The van der Waals surface area contributed by atoms with Crippen molar-refractivity contribution in [2.24, 2.45) is 0 Å². The van der Waals surface area contributed by atoms with Crippen molar-refractivity contribution in [2.75, 3.05) is 64.4 Å². The summed E-state index contributed by atoms with van der Waals surface area (Å²) in [6.45, 7) is 13.4. The van der Waals surface area contributed by atoms with Crippen molar-refractivity contribution < 1.29 is 9.59 Å². The van der Waals surface area contributed by atoms with E-state index in [1.807, 2.05) is 0 Å². The van der Waals surface area contributed by atoms with Gasteiger partial charge in [0.05, 0.1) is 5.75 Å². The summed E-state index contributed by atoms with van der Waals surface area (Å²) in [6.07, 6.45) is 0.462. The number of amides is 2. The summed E-state index contributed by atoms with van der Waals surface area (Å²) in [5, 5.41) is 5.52. The van der Waals surface area contributed by atoms with E-state index in [9.17, 15) is 9.59 Å².